The molecule has 0 aliphatic carbocycles. The van der Waals surface area contributed by atoms with Gasteiger partial charge in [-0.25, -0.2) is 5.48 Å². The van der Waals surface area contributed by atoms with Gasteiger partial charge in [-0.2, -0.15) is 5.10 Å². The zero-order valence-electron chi connectivity index (χ0n) is 11.8. The van der Waals surface area contributed by atoms with Crippen molar-refractivity contribution in [3.05, 3.63) is 42.3 Å². The van der Waals surface area contributed by atoms with Gasteiger partial charge in [-0.05, 0) is 13.0 Å². The fourth-order valence-electron chi connectivity index (χ4n) is 2.21. The molecular weight excluding hydrogens is 270 g/mol. The molecule has 1 amide bonds. The Morgan fingerprint density at radius 2 is 2.24 bits per heavy atom. The van der Waals surface area contributed by atoms with Crippen molar-refractivity contribution in [3.63, 3.8) is 0 Å². The van der Waals surface area contributed by atoms with Crippen molar-refractivity contribution in [1.29, 1.82) is 0 Å². The summed E-state index contributed by atoms with van der Waals surface area (Å²) in [6, 6.07) is 7.63. The molecule has 1 aromatic carbocycles. The van der Waals surface area contributed by atoms with E-state index in [1.54, 1.807) is 31.1 Å². The number of rotatable bonds is 4. The number of nitrogens with zero attached hydrogens (tertiary/aromatic N) is 2. The topological polar surface area (TPSA) is 69.3 Å². The second-order valence-electron chi connectivity index (χ2n) is 4.57. The van der Waals surface area contributed by atoms with Crippen LogP contribution < -0.4 is 5.48 Å². The monoisotopic (exact) mass is 285 g/mol. The number of benzene rings is 1. The summed E-state index contributed by atoms with van der Waals surface area (Å²) in [5.41, 5.74) is 4.94. The lowest BCUT2D eigenvalue weighted by Gasteiger charge is -2.03. The summed E-state index contributed by atoms with van der Waals surface area (Å²) in [5.74, 6) is -0.328. The first-order chi connectivity index (χ1) is 10.2. The highest BCUT2D eigenvalue weighted by Crippen LogP contribution is 2.31. The van der Waals surface area contributed by atoms with E-state index in [0.717, 1.165) is 16.5 Å². The number of aromatic nitrogens is 2. The summed E-state index contributed by atoms with van der Waals surface area (Å²) in [7, 11) is 1.77. The van der Waals surface area contributed by atoms with E-state index in [4.69, 9.17) is 9.25 Å². The fraction of sp³-hybridized carbons (Fsp3) is 0.200. The molecular formula is C15H15N3O3. The number of fused-ring (bicyclic) bond motifs is 1. The summed E-state index contributed by atoms with van der Waals surface area (Å²) in [4.78, 5) is 17.1. The Morgan fingerprint density at radius 1 is 1.43 bits per heavy atom. The number of hydrogen-bond donors (Lipinski definition) is 1. The normalized spacial score (nSPS) is 11.0. The van der Waals surface area contributed by atoms with Crippen molar-refractivity contribution in [2.75, 3.05) is 6.61 Å². The molecule has 3 rings (SSSR count). The SMILES string of the molecule is CCONC(=O)c1cn(C)nc1-c1coc2ccccc12. The number of furan rings is 1. The van der Waals surface area contributed by atoms with Gasteiger partial charge >= 0.3 is 0 Å². The van der Waals surface area contributed by atoms with Crippen molar-refractivity contribution < 1.29 is 14.0 Å². The van der Waals surface area contributed by atoms with E-state index in [9.17, 15) is 4.79 Å². The lowest BCUT2D eigenvalue weighted by Crippen LogP contribution is -2.23. The molecule has 0 radical (unpaired) electrons. The predicted molar refractivity (Wildman–Crippen MR) is 77.5 cm³/mol. The van der Waals surface area contributed by atoms with Gasteiger partial charge in [-0.15, -0.1) is 0 Å². The number of hydroxylamine groups is 1. The third-order valence-electron chi connectivity index (χ3n) is 3.12. The van der Waals surface area contributed by atoms with E-state index in [1.807, 2.05) is 24.3 Å². The lowest BCUT2D eigenvalue weighted by molar-refractivity contribution is 0.0365. The van der Waals surface area contributed by atoms with Crippen molar-refractivity contribution >= 4 is 16.9 Å². The number of carbonyl (C=O) groups excluding carboxylic acids is 1. The van der Waals surface area contributed by atoms with Crippen LogP contribution in [0.5, 0.6) is 0 Å². The molecule has 3 aromatic rings. The van der Waals surface area contributed by atoms with Gasteiger partial charge in [0.15, 0.2) is 0 Å². The first-order valence-electron chi connectivity index (χ1n) is 6.63. The number of para-hydroxylation sites is 1. The molecule has 1 N–H and O–H groups in total. The largest absolute Gasteiger partial charge is 0.464 e. The van der Waals surface area contributed by atoms with Crippen molar-refractivity contribution in [1.82, 2.24) is 15.3 Å². The minimum Gasteiger partial charge on any atom is -0.464 e. The second kappa shape index (κ2) is 5.41. The summed E-state index contributed by atoms with van der Waals surface area (Å²) in [6.45, 7) is 2.20. The van der Waals surface area contributed by atoms with E-state index < -0.39 is 0 Å². The van der Waals surface area contributed by atoms with E-state index >= 15 is 0 Å². The molecule has 108 valence electrons. The van der Waals surface area contributed by atoms with Crippen LogP contribution in [-0.4, -0.2) is 22.3 Å². The fourth-order valence-corrected chi connectivity index (χ4v) is 2.21. The highest BCUT2D eigenvalue weighted by atomic mass is 16.6. The highest BCUT2D eigenvalue weighted by molar-refractivity contribution is 6.03. The second-order valence-corrected chi connectivity index (χ2v) is 4.57. The maximum atomic E-state index is 12.1. The first-order valence-corrected chi connectivity index (χ1v) is 6.63. The van der Waals surface area contributed by atoms with E-state index in [-0.39, 0.29) is 5.91 Å². The van der Waals surface area contributed by atoms with Crippen LogP contribution in [0, 0.1) is 0 Å². The summed E-state index contributed by atoms with van der Waals surface area (Å²) in [6.07, 6.45) is 3.27. The Balaban J connectivity index is 2.08. The van der Waals surface area contributed by atoms with Gasteiger partial charge in [0.05, 0.1) is 12.2 Å². The van der Waals surface area contributed by atoms with Crippen LogP contribution in [-0.2, 0) is 11.9 Å². The molecule has 0 unspecified atom stereocenters. The Bertz CT molecular complexity index is 788. The Kier molecular flexibility index (Phi) is 3.45. The van der Waals surface area contributed by atoms with Crippen molar-refractivity contribution in [2.45, 2.75) is 6.92 Å². The maximum Gasteiger partial charge on any atom is 0.278 e. The summed E-state index contributed by atoms with van der Waals surface area (Å²) in [5, 5.41) is 5.29. The van der Waals surface area contributed by atoms with Crippen LogP contribution in [0.3, 0.4) is 0 Å². The standard InChI is InChI=1S/C15H15N3O3/c1-3-21-17-15(19)11-8-18(2)16-14(11)12-9-20-13-7-5-4-6-10(12)13/h4-9H,3H2,1-2H3,(H,17,19). The maximum absolute atomic E-state index is 12.1. The summed E-state index contributed by atoms with van der Waals surface area (Å²) >= 11 is 0. The van der Waals surface area contributed by atoms with Gasteiger partial charge in [0.1, 0.15) is 17.5 Å². The zero-order chi connectivity index (χ0) is 14.8. The highest BCUT2D eigenvalue weighted by Gasteiger charge is 2.20. The van der Waals surface area contributed by atoms with E-state index in [0.29, 0.717) is 17.9 Å². The third-order valence-corrected chi connectivity index (χ3v) is 3.12. The molecule has 0 bridgehead atoms. The number of amides is 1. The van der Waals surface area contributed by atoms with Gasteiger partial charge in [0, 0.05) is 24.2 Å². The average molecular weight is 285 g/mol. The van der Waals surface area contributed by atoms with Crippen LogP contribution >= 0.6 is 0 Å². The number of aryl methyl sites for hydroxylation is 1. The minimum absolute atomic E-state index is 0.328. The Morgan fingerprint density at radius 3 is 3.05 bits per heavy atom. The molecule has 6 nitrogen and oxygen atoms in total. The average Bonchev–Trinajstić information content (AvgIpc) is 3.07. The zero-order valence-corrected chi connectivity index (χ0v) is 11.8. The molecule has 0 saturated carbocycles. The molecule has 0 spiro atoms. The van der Waals surface area contributed by atoms with E-state index in [1.165, 1.54) is 0 Å². The minimum atomic E-state index is -0.328. The molecule has 0 aliphatic heterocycles. The van der Waals surface area contributed by atoms with Crippen LogP contribution in [0.2, 0.25) is 0 Å². The van der Waals surface area contributed by atoms with E-state index in [2.05, 4.69) is 10.6 Å². The number of hydrogen-bond acceptors (Lipinski definition) is 4. The van der Waals surface area contributed by atoms with Crippen LogP contribution in [0.25, 0.3) is 22.2 Å². The Hall–Kier alpha value is -2.60. The summed E-state index contributed by atoms with van der Waals surface area (Å²) < 4.78 is 7.11. The third kappa shape index (κ3) is 2.41. The molecule has 2 heterocycles. The lowest BCUT2D eigenvalue weighted by atomic mass is 10.1. The molecule has 0 atom stereocenters. The van der Waals surface area contributed by atoms with Crippen molar-refractivity contribution in [3.8, 4) is 11.3 Å². The first kappa shape index (κ1) is 13.4. The quantitative estimate of drug-likeness (QED) is 0.748. The molecule has 21 heavy (non-hydrogen) atoms. The number of carbonyl (C=O) groups is 1. The molecule has 0 aliphatic rings. The van der Waals surface area contributed by atoms with Crippen LogP contribution in [0.15, 0.2) is 41.1 Å². The van der Waals surface area contributed by atoms with Gasteiger partial charge in [-0.1, -0.05) is 18.2 Å². The van der Waals surface area contributed by atoms with Gasteiger partial charge in [0.25, 0.3) is 5.91 Å². The molecule has 6 heteroatoms. The van der Waals surface area contributed by atoms with Crippen molar-refractivity contribution in [2.24, 2.45) is 7.05 Å². The molecule has 0 fully saturated rings. The Labute approximate surface area is 121 Å². The molecule has 0 saturated heterocycles. The molecule has 2 aromatic heterocycles. The van der Waals surface area contributed by atoms with Gasteiger partial charge in [0.2, 0.25) is 0 Å². The predicted octanol–water partition coefficient (Wildman–Crippen LogP) is 2.51. The van der Waals surface area contributed by atoms with Gasteiger partial charge < -0.3 is 4.42 Å². The van der Waals surface area contributed by atoms with Crippen LogP contribution in [0.4, 0.5) is 0 Å². The van der Waals surface area contributed by atoms with Crippen LogP contribution in [0.1, 0.15) is 17.3 Å². The number of nitrogens with one attached hydrogen (secondary N) is 1. The van der Waals surface area contributed by atoms with Gasteiger partial charge in [-0.3, -0.25) is 14.3 Å². The smallest absolute Gasteiger partial charge is 0.278 e.